The van der Waals surface area contributed by atoms with E-state index in [9.17, 15) is 5.26 Å². The predicted octanol–water partition coefficient (Wildman–Crippen LogP) is 3.10. The normalized spacial score (nSPS) is 19.1. The molecule has 0 radical (unpaired) electrons. The van der Waals surface area contributed by atoms with Gasteiger partial charge in [-0.1, -0.05) is 18.2 Å². The highest BCUT2D eigenvalue weighted by atomic mass is 15.2. The zero-order chi connectivity index (χ0) is 12.5. The summed E-state index contributed by atoms with van der Waals surface area (Å²) in [5, 5.41) is 10.2. The average molecular weight is 237 g/mol. The average Bonchev–Trinajstić information content (AvgIpc) is 2.83. The van der Waals surface area contributed by atoms with Crippen LogP contribution in [-0.2, 0) is 0 Å². The molecule has 0 N–H and O–H groups in total. The summed E-state index contributed by atoms with van der Waals surface area (Å²) in [5.74, 6) is 0.940. The molecule has 2 aromatic rings. The summed E-state index contributed by atoms with van der Waals surface area (Å²) in [5.41, 5.74) is 1.63. The first-order valence-corrected chi connectivity index (χ1v) is 6.36. The fraction of sp³-hybridized carbons (Fsp3) is 0.333. The molecule has 1 aliphatic rings. The third-order valence-electron chi connectivity index (χ3n) is 3.67. The van der Waals surface area contributed by atoms with Crippen LogP contribution in [0.15, 0.2) is 30.3 Å². The molecule has 90 valence electrons. The van der Waals surface area contributed by atoms with E-state index in [2.05, 4.69) is 17.9 Å². The molecule has 1 aromatic heterocycles. The first-order valence-electron chi connectivity index (χ1n) is 6.36. The molecule has 18 heavy (non-hydrogen) atoms. The largest absolute Gasteiger partial charge is 0.354 e. The highest BCUT2D eigenvalue weighted by Crippen LogP contribution is 2.27. The van der Waals surface area contributed by atoms with Crippen LogP contribution in [0, 0.1) is 11.3 Å². The lowest BCUT2D eigenvalue weighted by atomic mass is 10.1. The zero-order valence-corrected chi connectivity index (χ0v) is 10.4. The number of nitriles is 1. The van der Waals surface area contributed by atoms with Gasteiger partial charge in [-0.3, -0.25) is 0 Å². The highest BCUT2D eigenvalue weighted by Gasteiger charge is 2.22. The molecule has 1 saturated heterocycles. The molecule has 3 rings (SSSR count). The van der Waals surface area contributed by atoms with Gasteiger partial charge in [0.15, 0.2) is 0 Å². The van der Waals surface area contributed by atoms with Crippen LogP contribution < -0.4 is 4.90 Å². The van der Waals surface area contributed by atoms with E-state index in [0.29, 0.717) is 6.04 Å². The quantitative estimate of drug-likeness (QED) is 0.765. The van der Waals surface area contributed by atoms with E-state index in [1.54, 1.807) is 0 Å². The van der Waals surface area contributed by atoms with Crippen molar-refractivity contribution in [2.45, 2.75) is 25.8 Å². The maximum Gasteiger partial charge on any atom is 0.130 e. The van der Waals surface area contributed by atoms with Crippen molar-refractivity contribution in [1.82, 2.24) is 4.98 Å². The topological polar surface area (TPSA) is 39.9 Å². The van der Waals surface area contributed by atoms with Gasteiger partial charge in [-0.05, 0) is 31.9 Å². The van der Waals surface area contributed by atoms with Gasteiger partial charge in [0.25, 0.3) is 0 Å². The third-order valence-corrected chi connectivity index (χ3v) is 3.67. The minimum Gasteiger partial charge on any atom is -0.354 e. The molecule has 3 nitrogen and oxygen atoms in total. The smallest absolute Gasteiger partial charge is 0.130 e. The Morgan fingerprint density at radius 3 is 2.94 bits per heavy atom. The fourth-order valence-electron chi connectivity index (χ4n) is 2.67. The molecule has 0 spiro atoms. The lowest BCUT2D eigenvalue weighted by Crippen LogP contribution is -2.27. The standard InChI is InChI=1S/C15H15N3/c1-11-5-4-8-18(11)15-9-12(10-16)13-6-2-3-7-14(13)17-15/h2-3,6-7,9,11H,4-5,8H2,1H3. The maximum atomic E-state index is 9.27. The second-order valence-electron chi connectivity index (χ2n) is 4.84. The SMILES string of the molecule is CC1CCCN1c1cc(C#N)c2ccccc2n1. The summed E-state index contributed by atoms with van der Waals surface area (Å²) in [6.45, 7) is 3.26. The highest BCUT2D eigenvalue weighted by molar-refractivity contribution is 5.86. The minimum absolute atomic E-state index is 0.519. The van der Waals surface area contributed by atoms with Gasteiger partial charge in [0.2, 0.25) is 0 Å². The summed E-state index contributed by atoms with van der Waals surface area (Å²) in [7, 11) is 0. The Morgan fingerprint density at radius 1 is 1.39 bits per heavy atom. The van der Waals surface area contributed by atoms with Gasteiger partial charge < -0.3 is 4.90 Å². The number of pyridine rings is 1. The second kappa shape index (κ2) is 4.30. The van der Waals surface area contributed by atoms with Crippen LogP contribution >= 0.6 is 0 Å². The van der Waals surface area contributed by atoms with Crippen LogP contribution in [0.3, 0.4) is 0 Å². The molecular weight excluding hydrogens is 222 g/mol. The monoisotopic (exact) mass is 237 g/mol. The zero-order valence-electron chi connectivity index (χ0n) is 10.4. The van der Waals surface area contributed by atoms with Gasteiger partial charge >= 0.3 is 0 Å². The van der Waals surface area contributed by atoms with Crippen molar-refractivity contribution in [2.24, 2.45) is 0 Å². The number of nitrogens with zero attached hydrogens (tertiary/aromatic N) is 3. The van der Waals surface area contributed by atoms with Crippen LogP contribution in [0.2, 0.25) is 0 Å². The Hall–Kier alpha value is -2.08. The Morgan fingerprint density at radius 2 is 2.22 bits per heavy atom. The summed E-state index contributed by atoms with van der Waals surface area (Å²) in [4.78, 5) is 6.99. The van der Waals surface area contributed by atoms with Gasteiger partial charge in [0.1, 0.15) is 5.82 Å². The van der Waals surface area contributed by atoms with E-state index in [-0.39, 0.29) is 0 Å². The Kier molecular flexibility index (Phi) is 2.64. The third kappa shape index (κ3) is 1.70. The Balaban J connectivity index is 2.17. The summed E-state index contributed by atoms with van der Waals surface area (Å²) < 4.78 is 0. The molecule has 1 aliphatic heterocycles. The van der Waals surface area contributed by atoms with Crippen molar-refractivity contribution in [3.8, 4) is 6.07 Å². The van der Waals surface area contributed by atoms with E-state index < -0.39 is 0 Å². The number of fused-ring (bicyclic) bond motifs is 1. The summed E-state index contributed by atoms with van der Waals surface area (Å²) in [6.07, 6.45) is 2.41. The number of benzene rings is 1. The van der Waals surface area contributed by atoms with Crippen LogP contribution in [0.5, 0.6) is 0 Å². The van der Waals surface area contributed by atoms with Crippen molar-refractivity contribution in [3.63, 3.8) is 0 Å². The van der Waals surface area contributed by atoms with Crippen molar-refractivity contribution in [1.29, 1.82) is 5.26 Å². The first kappa shape index (κ1) is 11.0. The van der Waals surface area contributed by atoms with Crippen molar-refractivity contribution in [3.05, 3.63) is 35.9 Å². The summed E-state index contributed by atoms with van der Waals surface area (Å²) in [6, 6.07) is 12.6. The minimum atomic E-state index is 0.519. The molecule has 1 unspecified atom stereocenters. The number of rotatable bonds is 1. The van der Waals surface area contributed by atoms with Crippen LogP contribution in [-0.4, -0.2) is 17.6 Å². The molecule has 1 atom stereocenters. The van der Waals surface area contributed by atoms with E-state index in [0.717, 1.165) is 28.8 Å². The predicted molar refractivity (Wildman–Crippen MR) is 72.5 cm³/mol. The van der Waals surface area contributed by atoms with E-state index in [1.165, 1.54) is 12.8 Å². The number of aromatic nitrogens is 1. The van der Waals surface area contributed by atoms with E-state index in [4.69, 9.17) is 4.98 Å². The maximum absolute atomic E-state index is 9.27. The molecule has 0 bridgehead atoms. The second-order valence-corrected chi connectivity index (χ2v) is 4.84. The van der Waals surface area contributed by atoms with Crippen LogP contribution in [0.4, 0.5) is 5.82 Å². The van der Waals surface area contributed by atoms with Gasteiger partial charge in [0.05, 0.1) is 17.1 Å². The molecular formula is C15H15N3. The molecule has 2 heterocycles. The molecule has 0 saturated carbocycles. The fourth-order valence-corrected chi connectivity index (χ4v) is 2.67. The van der Waals surface area contributed by atoms with Crippen LogP contribution in [0.1, 0.15) is 25.3 Å². The number of para-hydroxylation sites is 1. The van der Waals surface area contributed by atoms with Crippen molar-refractivity contribution < 1.29 is 0 Å². The summed E-state index contributed by atoms with van der Waals surface area (Å²) >= 11 is 0. The Bertz CT molecular complexity index is 627. The van der Waals surface area contributed by atoms with Crippen molar-refractivity contribution >= 4 is 16.7 Å². The number of hydrogen-bond donors (Lipinski definition) is 0. The van der Waals surface area contributed by atoms with Crippen molar-refractivity contribution in [2.75, 3.05) is 11.4 Å². The van der Waals surface area contributed by atoms with E-state index >= 15 is 0 Å². The molecule has 1 aromatic carbocycles. The van der Waals surface area contributed by atoms with Gasteiger partial charge in [0, 0.05) is 18.0 Å². The molecule has 0 amide bonds. The lowest BCUT2D eigenvalue weighted by Gasteiger charge is -2.23. The Labute approximate surface area is 107 Å². The molecule has 1 fully saturated rings. The van der Waals surface area contributed by atoms with E-state index in [1.807, 2.05) is 30.3 Å². The van der Waals surface area contributed by atoms with Gasteiger partial charge in [-0.2, -0.15) is 5.26 Å². The number of anilines is 1. The lowest BCUT2D eigenvalue weighted by molar-refractivity contribution is 0.728. The first-order chi connectivity index (χ1) is 8.79. The number of hydrogen-bond acceptors (Lipinski definition) is 3. The van der Waals surface area contributed by atoms with Gasteiger partial charge in [-0.15, -0.1) is 0 Å². The molecule has 0 aliphatic carbocycles. The van der Waals surface area contributed by atoms with Crippen LogP contribution in [0.25, 0.3) is 10.9 Å². The van der Waals surface area contributed by atoms with Gasteiger partial charge in [-0.25, -0.2) is 4.98 Å². The molecule has 3 heteroatoms.